The number of hydrogen-bond acceptors (Lipinski definition) is 6. The second-order valence-electron chi connectivity index (χ2n) is 24.9. The molecule has 0 amide bonds. The van der Waals surface area contributed by atoms with Crippen LogP contribution in [0.3, 0.4) is 0 Å². The van der Waals surface area contributed by atoms with Crippen molar-refractivity contribution in [2.75, 3.05) is 13.2 Å². The molecule has 0 aromatic heterocycles. The molecular weight excluding hydrogens is 973 g/mol. The summed E-state index contributed by atoms with van der Waals surface area (Å²) >= 11 is 0. The number of hydrogen-bond donors (Lipinski definition) is 0. The minimum Gasteiger partial charge on any atom is -0.462 e. The van der Waals surface area contributed by atoms with E-state index in [1.165, 1.54) is 315 Å². The minimum absolute atomic E-state index is 0.0657. The van der Waals surface area contributed by atoms with E-state index < -0.39 is 6.10 Å². The number of esters is 3. The van der Waals surface area contributed by atoms with E-state index in [-0.39, 0.29) is 31.1 Å². The van der Waals surface area contributed by atoms with Crippen LogP contribution >= 0.6 is 0 Å². The molecule has 79 heavy (non-hydrogen) atoms. The number of ether oxygens (including phenoxy) is 3. The molecule has 6 heteroatoms. The Morgan fingerprint density at radius 2 is 0.418 bits per heavy atom. The molecule has 0 fully saturated rings. The first-order chi connectivity index (χ1) is 39.0. The van der Waals surface area contributed by atoms with E-state index in [4.69, 9.17) is 14.2 Å². The summed E-state index contributed by atoms with van der Waals surface area (Å²) in [6.07, 6.45) is 82.6. The molecule has 6 nitrogen and oxygen atoms in total. The predicted molar refractivity (Wildman–Crippen MR) is 344 cm³/mol. The lowest BCUT2D eigenvalue weighted by atomic mass is 10.0. The van der Waals surface area contributed by atoms with Crippen LogP contribution in [0.4, 0.5) is 0 Å². The van der Waals surface area contributed by atoms with Gasteiger partial charge in [0.15, 0.2) is 6.10 Å². The summed E-state index contributed by atoms with van der Waals surface area (Å²) in [4.78, 5) is 38.4. The van der Waals surface area contributed by atoms with Gasteiger partial charge >= 0.3 is 17.9 Å². The lowest BCUT2D eigenvalue weighted by Gasteiger charge is -2.18. The zero-order chi connectivity index (χ0) is 57.1. The molecule has 0 heterocycles. The van der Waals surface area contributed by atoms with Crippen LogP contribution in [-0.4, -0.2) is 37.2 Å². The van der Waals surface area contributed by atoms with Crippen molar-refractivity contribution >= 4 is 17.9 Å². The molecule has 1 unspecified atom stereocenters. The Kier molecular flexibility index (Phi) is 67.0. The molecule has 0 aromatic rings. The van der Waals surface area contributed by atoms with Crippen molar-refractivity contribution in [1.82, 2.24) is 0 Å². The van der Waals surface area contributed by atoms with E-state index >= 15 is 0 Å². The number of allylic oxidation sites excluding steroid dienone is 2. The maximum atomic E-state index is 12.9. The zero-order valence-electron chi connectivity index (χ0n) is 53.9. The topological polar surface area (TPSA) is 78.9 Å². The molecular formula is C73H140O6. The summed E-state index contributed by atoms with van der Waals surface area (Å²) in [6.45, 7) is 6.70. The first kappa shape index (κ1) is 77.2. The first-order valence-corrected chi connectivity index (χ1v) is 36.2. The Morgan fingerprint density at radius 1 is 0.241 bits per heavy atom. The Balaban J connectivity index is 4.14. The molecule has 0 N–H and O–H groups in total. The Bertz CT molecular complexity index is 1230. The van der Waals surface area contributed by atoms with Crippen molar-refractivity contribution in [3.05, 3.63) is 12.2 Å². The van der Waals surface area contributed by atoms with Crippen LogP contribution in [-0.2, 0) is 28.6 Å². The quantitative estimate of drug-likeness (QED) is 0.0261. The maximum Gasteiger partial charge on any atom is 0.306 e. The van der Waals surface area contributed by atoms with Crippen molar-refractivity contribution in [3.8, 4) is 0 Å². The minimum atomic E-state index is -0.769. The van der Waals surface area contributed by atoms with Crippen LogP contribution in [0.5, 0.6) is 0 Å². The van der Waals surface area contributed by atoms with Crippen LogP contribution in [0.1, 0.15) is 419 Å². The van der Waals surface area contributed by atoms with Gasteiger partial charge in [-0.15, -0.1) is 0 Å². The van der Waals surface area contributed by atoms with Crippen LogP contribution in [0.2, 0.25) is 0 Å². The van der Waals surface area contributed by atoms with Gasteiger partial charge in [0.05, 0.1) is 0 Å². The summed E-state index contributed by atoms with van der Waals surface area (Å²) in [6, 6.07) is 0. The first-order valence-electron chi connectivity index (χ1n) is 36.2. The van der Waals surface area contributed by atoms with Crippen molar-refractivity contribution < 1.29 is 28.6 Å². The highest BCUT2D eigenvalue weighted by molar-refractivity contribution is 5.71. The van der Waals surface area contributed by atoms with Crippen molar-refractivity contribution in [1.29, 1.82) is 0 Å². The monoisotopic (exact) mass is 1110 g/mol. The highest BCUT2D eigenvalue weighted by Crippen LogP contribution is 2.19. The predicted octanol–water partition coefficient (Wildman–Crippen LogP) is 24.8. The average Bonchev–Trinajstić information content (AvgIpc) is 3.45. The summed E-state index contributed by atoms with van der Waals surface area (Å²) in [5.41, 5.74) is 0. The van der Waals surface area contributed by atoms with E-state index in [9.17, 15) is 14.4 Å². The highest BCUT2D eigenvalue weighted by Gasteiger charge is 2.19. The normalized spacial score (nSPS) is 12.0. The number of carbonyl (C=O) groups is 3. The van der Waals surface area contributed by atoms with Gasteiger partial charge in [-0.2, -0.15) is 0 Å². The van der Waals surface area contributed by atoms with Gasteiger partial charge in [0.2, 0.25) is 0 Å². The third-order valence-electron chi connectivity index (χ3n) is 16.8. The highest BCUT2D eigenvalue weighted by atomic mass is 16.6. The van der Waals surface area contributed by atoms with Gasteiger partial charge in [0, 0.05) is 19.3 Å². The van der Waals surface area contributed by atoms with E-state index in [2.05, 4.69) is 32.9 Å². The second-order valence-corrected chi connectivity index (χ2v) is 24.9. The van der Waals surface area contributed by atoms with Gasteiger partial charge in [-0.1, -0.05) is 367 Å². The third-order valence-corrected chi connectivity index (χ3v) is 16.8. The van der Waals surface area contributed by atoms with Crippen molar-refractivity contribution in [2.24, 2.45) is 0 Å². The molecule has 0 bridgehead atoms. The molecule has 0 saturated carbocycles. The summed E-state index contributed by atoms with van der Waals surface area (Å²) in [7, 11) is 0. The second kappa shape index (κ2) is 68.6. The smallest absolute Gasteiger partial charge is 0.306 e. The van der Waals surface area contributed by atoms with Crippen LogP contribution in [0, 0.1) is 0 Å². The van der Waals surface area contributed by atoms with Crippen LogP contribution in [0.15, 0.2) is 12.2 Å². The molecule has 0 radical (unpaired) electrons. The molecule has 0 aliphatic heterocycles. The summed E-state index contributed by atoms with van der Waals surface area (Å²) in [5.74, 6) is -0.840. The molecule has 0 aliphatic carbocycles. The zero-order valence-corrected chi connectivity index (χ0v) is 53.9. The molecule has 0 saturated heterocycles. The number of unbranched alkanes of at least 4 members (excludes halogenated alkanes) is 55. The van der Waals surface area contributed by atoms with Gasteiger partial charge < -0.3 is 14.2 Å². The van der Waals surface area contributed by atoms with Gasteiger partial charge in [0.1, 0.15) is 13.2 Å². The number of rotatable bonds is 68. The fourth-order valence-electron chi connectivity index (χ4n) is 11.3. The molecule has 468 valence electrons. The standard InChI is InChI=1S/C73H140O6/c1-4-7-10-13-16-19-22-25-27-29-31-33-34-35-36-37-38-39-41-42-44-46-48-51-54-57-60-63-66-72(75)78-69-70(68-77-71(74)65-62-59-56-53-50-24-21-18-15-12-9-6-3)79-73(76)67-64-61-58-55-52-49-47-45-43-40-32-30-28-26-23-20-17-14-11-8-5-2/h18,21,70H,4-17,19-20,22-69H2,1-3H3/b21-18-. The average molecular weight is 1110 g/mol. The fourth-order valence-corrected chi connectivity index (χ4v) is 11.3. The van der Waals surface area contributed by atoms with Crippen LogP contribution in [0.25, 0.3) is 0 Å². The fraction of sp³-hybridized carbons (Fsp3) is 0.932. The van der Waals surface area contributed by atoms with E-state index in [0.29, 0.717) is 19.3 Å². The lowest BCUT2D eigenvalue weighted by molar-refractivity contribution is -0.167. The molecule has 0 aromatic carbocycles. The van der Waals surface area contributed by atoms with E-state index in [1.54, 1.807) is 0 Å². The van der Waals surface area contributed by atoms with E-state index in [1.807, 2.05) is 0 Å². The summed E-state index contributed by atoms with van der Waals surface area (Å²) < 4.78 is 17.0. The molecule has 0 spiro atoms. The Hall–Kier alpha value is -1.85. The Labute approximate surface area is 494 Å². The SMILES string of the molecule is CCCCC/C=C\CCCCCCCC(=O)OCC(COC(=O)CCCCCCCCCCCCCCCCCCCCCCCCCCCCCC)OC(=O)CCCCCCCCCCCCCCCCCCCCCCC. The van der Waals surface area contributed by atoms with Crippen LogP contribution < -0.4 is 0 Å². The van der Waals surface area contributed by atoms with Gasteiger partial charge in [-0.25, -0.2) is 0 Å². The lowest BCUT2D eigenvalue weighted by Crippen LogP contribution is -2.30. The molecule has 0 rings (SSSR count). The van der Waals surface area contributed by atoms with Crippen molar-refractivity contribution in [3.63, 3.8) is 0 Å². The van der Waals surface area contributed by atoms with Gasteiger partial charge in [-0.3, -0.25) is 14.4 Å². The third kappa shape index (κ3) is 66.8. The van der Waals surface area contributed by atoms with Gasteiger partial charge in [0.25, 0.3) is 0 Å². The Morgan fingerprint density at radius 3 is 0.658 bits per heavy atom. The maximum absolute atomic E-state index is 12.9. The van der Waals surface area contributed by atoms with Crippen molar-refractivity contribution in [2.45, 2.75) is 425 Å². The molecule has 1 atom stereocenters. The molecule has 0 aliphatic rings. The largest absolute Gasteiger partial charge is 0.462 e. The summed E-state index contributed by atoms with van der Waals surface area (Å²) in [5, 5.41) is 0. The van der Waals surface area contributed by atoms with E-state index in [0.717, 1.165) is 64.2 Å². The number of carbonyl (C=O) groups excluding carboxylic acids is 3. The van der Waals surface area contributed by atoms with Gasteiger partial charge in [-0.05, 0) is 44.9 Å².